The molecule has 13 rings (SSSR count). The Bertz CT molecular complexity index is 4470. The number of hydrogen-bond acceptors (Lipinski definition) is 2. The number of nitrogens with zero attached hydrogens (tertiary/aromatic N) is 4. The van der Waals surface area contributed by atoms with Crippen molar-refractivity contribution in [2.75, 3.05) is 0 Å². The van der Waals surface area contributed by atoms with Gasteiger partial charge in [0.25, 0.3) is 0 Å². The first-order valence-corrected chi connectivity index (χ1v) is 25.2. The molecular weight excluding hydrogens is 1080 g/mol. The van der Waals surface area contributed by atoms with Gasteiger partial charge in [0.05, 0.1) is 5.52 Å². The molecule has 3 aromatic heterocycles. The van der Waals surface area contributed by atoms with Gasteiger partial charge in [0.2, 0.25) is 0 Å². The van der Waals surface area contributed by atoms with E-state index >= 15 is 0 Å². The molecule has 10 bridgehead atoms. The summed E-state index contributed by atoms with van der Waals surface area (Å²) in [5, 5.41) is 7.71. The minimum absolute atomic E-state index is 0. The molecule has 1 aliphatic heterocycles. The van der Waals surface area contributed by atoms with Gasteiger partial charge in [0, 0.05) is 49.5 Å². The van der Waals surface area contributed by atoms with E-state index < -0.39 is 0 Å². The van der Waals surface area contributed by atoms with Gasteiger partial charge in [0.1, 0.15) is 5.65 Å². The number of aromatic nitrogens is 4. The van der Waals surface area contributed by atoms with E-state index in [2.05, 4.69) is 262 Å². The maximum absolute atomic E-state index is 6.80. The second-order valence-corrected chi connectivity index (χ2v) is 21.4. The maximum Gasteiger partial charge on any atom is 0.136 e. The van der Waals surface area contributed by atoms with Gasteiger partial charge in [-0.3, -0.25) is 0 Å². The van der Waals surface area contributed by atoms with Crippen LogP contribution in [0.5, 0.6) is 0 Å². The van der Waals surface area contributed by atoms with E-state index in [1.165, 1.54) is 16.7 Å². The summed E-state index contributed by atoms with van der Waals surface area (Å²) in [5.41, 5.74) is 15.8. The Hall–Kier alpha value is -8.11. The van der Waals surface area contributed by atoms with Gasteiger partial charge in [-0.15, -0.1) is 29.1 Å². The number of rotatable bonds is 2. The molecule has 1 aliphatic rings. The molecule has 4 heterocycles. The minimum atomic E-state index is -0.162. The van der Waals surface area contributed by atoms with Gasteiger partial charge in [0.15, 0.2) is 0 Å². The second kappa shape index (κ2) is 18.1. The smallest absolute Gasteiger partial charge is 0.136 e. The first-order valence-electron chi connectivity index (χ1n) is 25.2. The van der Waals surface area contributed by atoms with Crippen molar-refractivity contribution in [2.45, 2.75) is 52.4 Å². The van der Waals surface area contributed by atoms with Crippen LogP contribution in [0.15, 0.2) is 217 Å². The first-order chi connectivity index (χ1) is 35.4. The third-order valence-corrected chi connectivity index (χ3v) is 14.5. The van der Waals surface area contributed by atoms with E-state index in [1.54, 1.807) is 0 Å². The van der Waals surface area contributed by atoms with Crippen molar-refractivity contribution in [1.29, 1.82) is 0 Å². The second-order valence-electron chi connectivity index (χ2n) is 21.4. The van der Waals surface area contributed by atoms with E-state index in [4.69, 9.17) is 9.40 Å². The van der Waals surface area contributed by atoms with Crippen LogP contribution >= 0.6 is 0 Å². The fraction of sp³-hybridized carbons (Fsp3) is 0.118. The van der Waals surface area contributed by atoms with Crippen molar-refractivity contribution in [1.82, 2.24) is 18.5 Å². The molecule has 0 amide bonds. The van der Waals surface area contributed by atoms with Crippen molar-refractivity contribution in [3.05, 3.63) is 236 Å². The Morgan fingerprint density at radius 3 is 1.96 bits per heavy atom. The van der Waals surface area contributed by atoms with Crippen LogP contribution in [0.25, 0.3) is 116 Å². The molecule has 364 valence electrons. The molecule has 0 spiro atoms. The zero-order valence-corrected chi connectivity index (χ0v) is 44.5. The summed E-state index contributed by atoms with van der Waals surface area (Å²) >= 11 is 0. The molecule has 0 aliphatic carbocycles. The number of pyridine rings is 1. The zero-order chi connectivity index (χ0) is 49.6. The number of para-hydroxylation sites is 2. The average molecular weight is 1140 g/mol. The molecule has 0 atom stereocenters. The Morgan fingerprint density at radius 1 is 0.459 bits per heavy atom. The van der Waals surface area contributed by atoms with Gasteiger partial charge in [-0.25, -0.2) is 4.98 Å². The van der Waals surface area contributed by atoms with E-state index in [0.29, 0.717) is 11.2 Å². The summed E-state index contributed by atoms with van der Waals surface area (Å²) in [6.07, 6.45) is 2.23. The van der Waals surface area contributed by atoms with Crippen LogP contribution in [-0.2, 0) is 31.9 Å². The predicted molar refractivity (Wildman–Crippen MR) is 305 cm³/mol. The van der Waals surface area contributed by atoms with Crippen LogP contribution < -0.4 is 0 Å². The molecule has 6 heteroatoms. The summed E-state index contributed by atoms with van der Waals surface area (Å²) in [6.45, 7) is 13.8. The minimum Gasteiger partial charge on any atom is -0.510 e. The standard InChI is InChI=1S/C68H53N4O.Pt/c1-67(2,3)49-23-15-21-47(37-49)57-39-50(68(4,5)6)40-59-55-27-11-10-26-54(55)46-20-14-22-48(36-46)60-28-17-31-65(69-60)72-61-35-32-45(44-18-8-7-9-19-44)38-58(61)56-34-33-53(42-64(56)72)73-52-25-16-24-51(41-52)70-43-71(66(57)59)63-30-13-12-29-62(63)70;/h7-40,43H,1-6H3;/q-3;. The Labute approximate surface area is 445 Å². The average Bonchev–Trinajstić information content (AvgIpc) is 3.97. The quantitative estimate of drug-likeness (QED) is 0.162. The largest absolute Gasteiger partial charge is 0.510 e. The molecule has 0 saturated carbocycles. The molecule has 9 aromatic carbocycles. The third-order valence-electron chi connectivity index (χ3n) is 14.5. The Morgan fingerprint density at radius 2 is 1.15 bits per heavy atom. The topological polar surface area (TPSA) is 40.3 Å². The van der Waals surface area contributed by atoms with Crippen LogP contribution in [0.4, 0.5) is 0 Å². The number of benzene rings is 9. The van der Waals surface area contributed by atoms with Crippen molar-refractivity contribution in [2.24, 2.45) is 0 Å². The monoisotopic (exact) mass is 1140 g/mol. The van der Waals surface area contributed by atoms with E-state index in [-0.39, 0.29) is 31.9 Å². The van der Waals surface area contributed by atoms with Gasteiger partial charge in [-0.2, -0.15) is 24.3 Å². The van der Waals surface area contributed by atoms with Crippen molar-refractivity contribution in [3.63, 3.8) is 0 Å². The fourth-order valence-corrected chi connectivity index (χ4v) is 10.7. The van der Waals surface area contributed by atoms with Gasteiger partial charge < -0.3 is 18.0 Å². The number of hydrogen-bond donors (Lipinski definition) is 0. The molecular formula is C68H53N4OPt-3. The summed E-state index contributed by atoms with van der Waals surface area (Å²) in [4.78, 5) is 5.48. The van der Waals surface area contributed by atoms with Gasteiger partial charge >= 0.3 is 0 Å². The summed E-state index contributed by atoms with van der Waals surface area (Å²) in [5.74, 6) is 0. The number of imidazole rings is 1. The fourth-order valence-electron chi connectivity index (χ4n) is 10.7. The molecule has 0 fully saturated rings. The predicted octanol–water partition coefficient (Wildman–Crippen LogP) is 18.1. The molecule has 0 unspecified atom stereocenters. The molecule has 5 nitrogen and oxygen atoms in total. The summed E-state index contributed by atoms with van der Waals surface area (Å²) < 4.78 is 13.7. The Kier molecular flexibility index (Phi) is 11.5. The zero-order valence-electron chi connectivity index (χ0n) is 42.2. The molecule has 0 saturated heterocycles. The van der Waals surface area contributed by atoms with Crippen LogP contribution in [0, 0.1) is 12.1 Å². The van der Waals surface area contributed by atoms with E-state index in [1.807, 2.05) is 18.2 Å². The normalized spacial score (nSPS) is 12.1. The van der Waals surface area contributed by atoms with Crippen LogP contribution in [0.1, 0.15) is 52.7 Å². The van der Waals surface area contributed by atoms with Crippen LogP contribution in [-0.4, -0.2) is 18.5 Å². The molecule has 74 heavy (non-hydrogen) atoms. The third kappa shape index (κ3) is 8.17. The van der Waals surface area contributed by atoms with Crippen LogP contribution in [0.3, 0.4) is 0 Å². The summed E-state index contributed by atoms with van der Waals surface area (Å²) in [6, 6.07) is 81.7. The first kappa shape index (κ1) is 46.9. The number of fused-ring (bicyclic) bond motifs is 23. The SMILES string of the molecule is CC(C)(C)c1cccc(-c2cc(C(C)(C)C)cc3c4ccccc4c4cccc(c4)c4cccc(n4)n4c5[c-]c(ccc5c5cc(-c6ccccc6)ccc54)oc4[c-]c(ccc4)n4[cH-]n(c23)-c2ccccc2-4)c1.[Pt]. The summed E-state index contributed by atoms with van der Waals surface area (Å²) in [7, 11) is 0. The molecule has 0 N–H and O–H groups in total. The van der Waals surface area contributed by atoms with Crippen molar-refractivity contribution < 1.29 is 25.5 Å². The van der Waals surface area contributed by atoms with Crippen molar-refractivity contribution in [3.8, 4) is 33.6 Å². The van der Waals surface area contributed by atoms with Gasteiger partial charge in [-0.05, 0) is 112 Å². The molecule has 0 radical (unpaired) electrons. The van der Waals surface area contributed by atoms with Crippen molar-refractivity contribution >= 4 is 82.1 Å². The maximum atomic E-state index is 6.80. The Balaban J connectivity index is 0.00000556. The van der Waals surface area contributed by atoms with Crippen LogP contribution in [0.2, 0.25) is 0 Å². The van der Waals surface area contributed by atoms with Gasteiger partial charge in [-0.1, -0.05) is 199 Å². The van der Waals surface area contributed by atoms with E-state index in [9.17, 15) is 0 Å². The molecule has 12 aromatic rings. The van der Waals surface area contributed by atoms with E-state index in [0.717, 1.165) is 99.0 Å².